The number of H-pyrrole nitrogens is 1. The third kappa shape index (κ3) is 2.91. The quantitative estimate of drug-likeness (QED) is 0.758. The van der Waals surface area contributed by atoms with Gasteiger partial charge in [0, 0.05) is 24.5 Å². The number of hydrogen-bond acceptors (Lipinski definition) is 4. The van der Waals surface area contributed by atoms with E-state index in [1.165, 1.54) is 0 Å². The Morgan fingerprint density at radius 1 is 1.43 bits per heavy atom. The molecule has 2 aromatic rings. The molecule has 1 unspecified atom stereocenters. The summed E-state index contributed by atoms with van der Waals surface area (Å²) in [6, 6.07) is 7.89. The van der Waals surface area contributed by atoms with Gasteiger partial charge in [-0.05, 0) is 25.5 Å². The smallest absolute Gasteiger partial charge is 0.275 e. The van der Waals surface area contributed by atoms with Crippen molar-refractivity contribution in [2.24, 2.45) is 0 Å². The average molecular weight is 288 g/mol. The maximum absolute atomic E-state index is 12.7. The molecule has 1 aliphatic rings. The van der Waals surface area contributed by atoms with E-state index in [4.69, 9.17) is 0 Å². The molecule has 1 saturated heterocycles. The maximum atomic E-state index is 12.7. The van der Waals surface area contributed by atoms with Gasteiger partial charge in [0.25, 0.3) is 5.91 Å². The second-order valence-electron chi connectivity index (χ2n) is 5.39. The van der Waals surface area contributed by atoms with E-state index >= 15 is 0 Å². The Hall–Kier alpha value is -1.92. The van der Waals surface area contributed by atoms with Gasteiger partial charge in [-0.15, -0.1) is 0 Å². The Morgan fingerprint density at radius 3 is 3.05 bits per heavy atom. The fourth-order valence-electron chi connectivity index (χ4n) is 2.85. The molecule has 1 atom stereocenters. The first-order chi connectivity index (χ1) is 10.3. The van der Waals surface area contributed by atoms with Gasteiger partial charge < -0.3 is 15.3 Å². The lowest BCUT2D eigenvalue weighted by Crippen LogP contribution is -2.42. The van der Waals surface area contributed by atoms with Crippen LogP contribution in [-0.4, -0.2) is 58.4 Å². The van der Waals surface area contributed by atoms with Crippen LogP contribution in [0.1, 0.15) is 23.3 Å². The van der Waals surface area contributed by atoms with E-state index in [0.29, 0.717) is 24.8 Å². The maximum Gasteiger partial charge on any atom is 0.275 e. The number of fused-ring (bicyclic) bond motifs is 1. The molecule has 2 heterocycles. The fourth-order valence-corrected chi connectivity index (χ4v) is 2.85. The van der Waals surface area contributed by atoms with Crippen LogP contribution in [0.4, 0.5) is 0 Å². The number of nitrogens with zero attached hydrogens (tertiary/aromatic N) is 2. The van der Waals surface area contributed by atoms with Gasteiger partial charge in [-0.3, -0.25) is 9.89 Å². The summed E-state index contributed by atoms with van der Waals surface area (Å²) in [4.78, 5) is 14.4. The zero-order chi connectivity index (χ0) is 14.7. The molecule has 0 radical (unpaired) electrons. The van der Waals surface area contributed by atoms with Crippen molar-refractivity contribution >= 4 is 16.8 Å². The number of aliphatic hydroxyl groups is 1. The molecular formula is C15H20N4O2. The number of carbonyl (C=O) groups is 1. The summed E-state index contributed by atoms with van der Waals surface area (Å²) in [6.07, 6.45) is 2.20. The van der Waals surface area contributed by atoms with E-state index < -0.39 is 0 Å². The van der Waals surface area contributed by atoms with Gasteiger partial charge in [-0.25, -0.2) is 0 Å². The number of aromatic nitrogens is 2. The van der Waals surface area contributed by atoms with Gasteiger partial charge in [0.15, 0.2) is 5.69 Å². The van der Waals surface area contributed by atoms with Crippen LogP contribution in [-0.2, 0) is 0 Å². The molecule has 1 aliphatic heterocycles. The molecule has 3 rings (SSSR count). The molecule has 1 aromatic heterocycles. The fraction of sp³-hybridized carbons (Fsp3) is 0.467. The van der Waals surface area contributed by atoms with E-state index in [1.807, 2.05) is 24.3 Å². The Kier molecular flexibility index (Phi) is 4.17. The number of hydrogen-bond donors (Lipinski definition) is 3. The highest BCUT2D eigenvalue weighted by Crippen LogP contribution is 2.17. The van der Waals surface area contributed by atoms with E-state index in [9.17, 15) is 9.90 Å². The van der Waals surface area contributed by atoms with Crippen LogP contribution in [0.2, 0.25) is 0 Å². The molecular weight excluding hydrogens is 268 g/mol. The Morgan fingerprint density at radius 2 is 2.29 bits per heavy atom. The number of benzene rings is 1. The highest BCUT2D eigenvalue weighted by Gasteiger charge is 2.24. The molecule has 21 heavy (non-hydrogen) atoms. The van der Waals surface area contributed by atoms with E-state index in [-0.39, 0.29) is 12.5 Å². The zero-order valence-electron chi connectivity index (χ0n) is 11.9. The first-order valence-corrected chi connectivity index (χ1v) is 7.36. The first-order valence-electron chi connectivity index (χ1n) is 7.36. The second-order valence-corrected chi connectivity index (χ2v) is 5.39. The second kappa shape index (κ2) is 6.24. The highest BCUT2D eigenvalue weighted by atomic mass is 16.3. The highest BCUT2D eigenvalue weighted by molar-refractivity contribution is 6.04. The van der Waals surface area contributed by atoms with Crippen molar-refractivity contribution in [3.05, 3.63) is 30.0 Å². The molecule has 0 bridgehead atoms. The molecule has 1 aromatic carbocycles. The normalized spacial score (nSPS) is 18.2. The van der Waals surface area contributed by atoms with Crippen LogP contribution < -0.4 is 5.32 Å². The van der Waals surface area contributed by atoms with Gasteiger partial charge in [-0.2, -0.15) is 5.10 Å². The summed E-state index contributed by atoms with van der Waals surface area (Å²) in [5.41, 5.74) is 1.28. The van der Waals surface area contributed by atoms with Crippen LogP contribution in [0.3, 0.4) is 0 Å². The van der Waals surface area contributed by atoms with Crippen molar-refractivity contribution < 1.29 is 9.90 Å². The molecule has 0 saturated carbocycles. The minimum Gasteiger partial charge on any atom is -0.395 e. The summed E-state index contributed by atoms with van der Waals surface area (Å²) in [7, 11) is 0. The minimum atomic E-state index is -0.129. The van der Waals surface area contributed by atoms with E-state index in [0.717, 1.165) is 30.3 Å². The van der Waals surface area contributed by atoms with Gasteiger partial charge in [0.05, 0.1) is 12.1 Å². The molecule has 6 nitrogen and oxygen atoms in total. The zero-order valence-corrected chi connectivity index (χ0v) is 11.9. The van der Waals surface area contributed by atoms with Crippen molar-refractivity contribution in [1.29, 1.82) is 0 Å². The van der Waals surface area contributed by atoms with Crippen LogP contribution in [0.25, 0.3) is 10.9 Å². The SMILES string of the molecule is O=C(c1n[nH]c2ccccc12)N(CCO)CC1CCCN1. The minimum absolute atomic E-state index is 0.0409. The molecule has 1 amide bonds. The Bertz CT molecular complexity index is 619. The largest absolute Gasteiger partial charge is 0.395 e. The number of aliphatic hydroxyl groups excluding tert-OH is 1. The summed E-state index contributed by atoms with van der Waals surface area (Å²) >= 11 is 0. The van der Waals surface area contributed by atoms with Gasteiger partial charge in [0.2, 0.25) is 0 Å². The number of nitrogens with one attached hydrogen (secondary N) is 2. The number of amides is 1. The lowest BCUT2D eigenvalue weighted by Gasteiger charge is -2.24. The summed E-state index contributed by atoms with van der Waals surface area (Å²) in [5.74, 6) is -0.129. The summed E-state index contributed by atoms with van der Waals surface area (Å²) in [5, 5.41) is 20.5. The van der Waals surface area contributed by atoms with Crippen LogP contribution >= 0.6 is 0 Å². The Balaban J connectivity index is 1.82. The lowest BCUT2D eigenvalue weighted by molar-refractivity contribution is 0.0702. The van der Waals surface area contributed by atoms with Gasteiger partial charge in [-0.1, -0.05) is 18.2 Å². The molecule has 0 aliphatic carbocycles. The predicted molar refractivity (Wildman–Crippen MR) is 80.1 cm³/mol. The third-order valence-corrected chi connectivity index (χ3v) is 3.93. The summed E-state index contributed by atoms with van der Waals surface area (Å²) < 4.78 is 0. The van der Waals surface area contributed by atoms with Gasteiger partial charge in [0.1, 0.15) is 0 Å². The van der Waals surface area contributed by atoms with E-state index in [2.05, 4.69) is 15.5 Å². The number of aromatic amines is 1. The number of rotatable bonds is 5. The van der Waals surface area contributed by atoms with Crippen molar-refractivity contribution in [3.8, 4) is 0 Å². The third-order valence-electron chi connectivity index (χ3n) is 3.93. The number of para-hydroxylation sites is 1. The predicted octanol–water partition coefficient (Wildman–Crippen LogP) is 0.749. The van der Waals surface area contributed by atoms with Crippen molar-refractivity contribution in [2.75, 3.05) is 26.2 Å². The first kappa shape index (κ1) is 14.0. The number of carbonyl (C=O) groups excluding carboxylic acids is 1. The lowest BCUT2D eigenvalue weighted by atomic mass is 10.1. The van der Waals surface area contributed by atoms with E-state index in [1.54, 1.807) is 4.90 Å². The van der Waals surface area contributed by atoms with Crippen LogP contribution in [0.15, 0.2) is 24.3 Å². The molecule has 112 valence electrons. The monoisotopic (exact) mass is 288 g/mol. The molecule has 3 N–H and O–H groups in total. The van der Waals surface area contributed by atoms with Gasteiger partial charge >= 0.3 is 0 Å². The van der Waals surface area contributed by atoms with Crippen molar-refractivity contribution in [1.82, 2.24) is 20.4 Å². The molecule has 1 fully saturated rings. The van der Waals surface area contributed by atoms with Crippen LogP contribution in [0, 0.1) is 0 Å². The molecule has 6 heteroatoms. The molecule has 0 spiro atoms. The Labute approximate surface area is 123 Å². The van der Waals surface area contributed by atoms with Crippen molar-refractivity contribution in [3.63, 3.8) is 0 Å². The van der Waals surface area contributed by atoms with Crippen LogP contribution in [0.5, 0.6) is 0 Å². The topological polar surface area (TPSA) is 81.2 Å². The summed E-state index contributed by atoms with van der Waals surface area (Å²) in [6.45, 7) is 1.90. The van der Waals surface area contributed by atoms with Crippen molar-refractivity contribution in [2.45, 2.75) is 18.9 Å². The average Bonchev–Trinajstić information content (AvgIpc) is 3.15. The standard InChI is InChI=1S/C15H20N4O2/c20-9-8-19(10-11-4-3-7-16-11)15(21)14-12-5-1-2-6-13(12)17-18-14/h1-2,5-6,11,16,20H,3-4,7-10H2,(H,17,18).